The van der Waals surface area contributed by atoms with E-state index in [1.54, 1.807) is 18.3 Å². The average molecular weight is 719 g/mol. The maximum atomic E-state index is 17.1. The molecule has 4 heterocycles. The molecular formula is C41H56F2N6O3. The van der Waals surface area contributed by atoms with Gasteiger partial charge in [0.25, 0.3) is 0 Å². The SMILES string of the molecule is CCC.CCCC1(COc2nc(N3CCN[C@@](CC)(COC4CC4)C3)c3cnc(-c4cc(O)cc5ccc(F)c(CC)c45)c(F)c3n2)CCCN1C. The fourth-order valence-electron chi connectivity index (χ4n) is 7.94. The Bertz CT molecular complexity index is 1870. The summed E-state index contributed by atoms with van der Waals surface area (Å²) < 4.78 is 44.8. The van der Waals surface area contributed by atoms with Crippen LogP contribution in [0.15, 0.2) is 30.5 Å². The molecular weight excluding hydrogens is 662 g/mol. The third-order valence-electron chi connectivity index (χ3n) is 11.0. The van der Waals surface area contributed by atoms with Crippen LogP contribution in [0.3, 0.4) is 0 Å². The number of phenols is 1. The molecule has 0 amide bonds. The summed E-state index contributed by atoms with van der Waals surface area (Å²) in [6.07, 6.45) is 10.7. The molecule has 2 aliphatic heterocycles. The number of hydrogen-bond donors (Lipinski definition) is 2. The van der Waals surface area contributed by atoms with Crippen LogP contribution in [0.4, 0.5) is 14.6 Å². The largest absolute Gasteiger partial charge is 0.508 e. The molecule has 2 atom stereocenters. The highest BCUT2D eigenvalue weighted by Gasteiger charge is 2.40. The van der Waals surface area contributed by atoms with Crippen LogP contribution in [-0.2, 0) is 11.2 Å². The quantitative estimate of drug-likeness (QED) is 0.150. The zero-order valence-corrected chi connectivity index (χ0v) is 31.8. The van der Waals surface area contributed by atoms with Gasteiger partial charge in [-0.1, -0.05) is 53.5 Å². The van der Waals surface area contributed by atoms with Crippen molar-refractivity contribution < 1.29 is 23.4 Å². The number of rotatable bonds is 12. The minimum absolute atomic E-state index is 0.0108. The smallest absolute Gasteiger partial charge is 0.319 e. The van der Waals surface area contributed by atoms with Gasteiger partial charge >= 0.3 is 6.01 Å². The zero-order chi connectivity index (χ0) is 37.0. The van der Waals surface area contributed by atoms with Crippen molar-refractivity contribution in [2.75, 3.05) is 51.3 Å². The zero-order valence-electron chi connectivity index (χ0n) is 31.8. The first-order valence-corrected chi connectivity index (χ1v) is 19.4. The van der Waals surface area contributed by atoms with Gasteiger partial charge in [0.2, 0.25) is 0 Å². The lowest BCUT2D eigenvalue weighted by molar-refractivity contribution is 0.0521. The van der Waals surface area contributed by atoms with Crippen molar-refractivity contribution in [3.8, 4) is 23.0 Å². The molecule has 11 heteroatoms. The number of likely N-dealkylation sites (tertiary alicyclic amines) is 1. The molecule has 0 bridgehead atoms. The molecule has 7 rings (SSSR count). The number of likely N-dealkylation sites (N-methyl/N-ethyl adjacent to an activating group) is 1. The van der Waals surface area contributed by atoms with Crippen molar-refractivity contribution in [2.45, 2.75) is 110 Å². The second-order valence-corrected chi connectivity index (χ2v) is 15.0. The summed E-state index contributed by atoms with van der Waals surface area (Å²) >= 11 is 0. The normalized spacial score (nSPS) is 22.2. The number of ether oxygens (including phenoxy) is 2. The Morgan fingerprint density at radius 2 is 1.83 bits per heavy atom. The summed E-state index contributed by atoms with van der Waals surface area (Å²) in [5.41, 5.74) is 0.395. The fraction of sp³-hybridized carbons (Fsp3) is 0.585. The Morgan fingerprint density at radius 3 is 2.50 bits per heavy atom. The Labute approximate surface area is 307 Å². The third-order valence-corrected chi connectivity index (χ3v) is 11.0. The molecule has 2 N–H and O–H groups in total. The van der Waals surface area contributed by atoms with Crippen molar-refractivity contribution in [1.82, 2.24) is 25.2 Å². The van der Waals surface area contributed by atoms with Crippen LogP contribution in [-0.4, -0.2) is 88.6 Å². The summed E-state index contributed by atoms with van der Waals surface area (Å²) in [7, 11) is 2.14. The highest BCUT2D eigenvalue weighted by molar-refractivity contribution is 6.01. The molecule has 3 fully saturated rings. The van der Waals surface area contributed by atoms with Crippen LogP contribution >= 0.6 is 0 Å². The number of hydrogen-bond acceptors (Lipinski definition) is 9. The summed E-state index contributed by atoms with van der Waals surface area (Å²) in [4.78, 5) is 18.8. The molecule has 3 aliphatic rings. The molecule has 4 aromatic rings. The van der Waals surface area contributed by atoms with Crippen LogP contribution < -0.4 is 15.0 Å². The maximum absolute atomic E-state index is 17.1. The Balaban J connectivity index is 0.00000150. The van der Waals surface area contributed by atoms with E-state index < -0.39 is 5.82 Å². The summed E-state index contributed by atoms with van der Waals surface area (Å²) in [5.74, 6) is -0.546. The number of nitrogens with zero attached hydrogens (tertiary/aromatic N) is 5. The Kier molecular flexibility index (Phi) is 11.8. The number of fused-ring (bicyclic) bond motifs is 2. The Hall–Kier alpha value is -3.67. The van der Waals surface area contributed by atoms with E-state index in [1.807, 2.05) is 6.92 Å². The van der Waals surface area contributed by atoms with Crippen LogP contribution in [0.2, 0.25) is 0 Å². The summed E-state index contributed by atoms with van der Waals surface area (Å²) in [5, 5.41) is 16.0. The van der Waals surface area contributed by atoms with Crippen LogP contribution in [0.1, 0.15) is 91.5 Å². The van der Waals surface area contributed by atoms with Gasteiger partial charge in [0, 0.05) is 31.4 Å². The van der Waals surface area contributed by atoms with E-state index in [0.717, 1.165) is 51.5 Å². The van der Waals surface area contributed by atoms with Gasteiger partial charge in [0.05, 0.1) is 29.2 Å². The van der Waals surface area contributed by atoms with Gasteiger partial charge in [-0.3, -0.25) is 9.88 Å². The second kappa shape index (κ2) is 16.1. The van der Waals surface area contributed by atoms with Crippen molar-refractivity contribution in [3.05, 3.63) is 47.7 Å². The minimum Gasteiger partial charge on any atom is -0.508 e. The van der Waals surface area contributed by atoms with Crippen LogP contribution in [0.25, 0.3) is 32.9 Å². The molecule has 2 aromatic carbocycles. The number of phenolic OH excluding ortho intramolecular Hbond substituents is 1. The second-order valence-electron chi connectivity index (χ2n) is 15.0. The highest BCUT2D eigenvalue weighted by atomic mass is 19.1. The molecule has 1 saturated carbocycles. The van der Waals surface area contributed by atoms with E-state index in [-0.39, 0.29) is 39.9 Å². The lowest BCUT2D eigenvalue weighted by Gasteiger charge is -2.44. The first-order chi connectivity index (χ1) is 25.1. The van der Waals surface area contributed by atoms with Gasteiger partial charge in [-0.25, -0.2) is 8.78 Å². The molecule has 1 unspecified atom stereocenters. The van der Waals surface area contributed by atoms with E-state index in [2.05, 4.69) is 54.8 Å². The Morgan fingerprint density at radius 1 is 1.04 bits per heavy atom. The van der Waals surface area contributed by atoms with Crippen molar-refractivity contribution >= 4 is 27.5 Å². The van der Waals surface area contributed by atoms with E-state index >= 15 is 8.78 Å². The molecule has 0 radical (unpaired) electrons. The van der Waals surface area contributed by atoms with E-state index in [0.29, 0.717) is 78.5 Å². The number of aromatic nitrogens is 3. The average Bonchev–Trinajstić information content (AvgIpc) is 3.91. The van der Waals surface area contributed by atoms with Crippen molar-refractivity contribution in [3.63, 3.8) is 0 Å². The molecule has 2 saturated heterocycles. The van der Waals surface area contributed by atoms with Crippen LogP contribution in [0, 0.1) is 11.6 Å². The lowest BCUT2D eigenvalue weighted by atomic mass is 9.92. The molecule has 1 aliphatic carbocycles. The molecule has 52 heavy (non-hydrogen) atoms. The molecule has 9 nitrogen and oxygen atoms in total. The minimum atomic E-state index is -0.667. The third kappa shape index (κ3) is 7.68. The number of aryl methyl sites for hydroxylation is 1. The van der Waals surface area contributed by atoms with E-state index in [9.17, 15) is 5.11 Å². The van der Waals surface area contributed by atoms with Crippen molar-refractivity contribution in [1.29, 1.82) is 0 Å². The maximum Gasteiger partial charge on any atom is 0.319 e. The molecule has 282 valence electrons. The van der Waals surface area contributed by atoms with Gasteiger partial charge in [0.1, 0.15) is 35.2 Å². The predicted octanol–water partition coefficient (Wildman–Crippen LogP) is 8.19. The van der Waals surface area contributed by atoms with Gasteiger partial charge in [-0.05, 0) is 93.1 Å². The van der Waals surface area contributed by atoms with E-state index in [4.69, 9.17) is 19.4 Å². The summed E-state index contributed by atoms with van der Waals surface area (Å²) in [6.45, 7) is 14.4. The first-order valence-electron chi connectivity index (χ1n) is 19.4. The number of nitrogens with one attached hydrogen (secondary N) is 1. The number of pyridine rings is 1. The fourth-order valence-corrected chi connectivity index (χ4v) is 7.94. The van der Waals surface area contributed by atoms with Gasteiger partial charge < -0.3 is 24.8 Å². The summed E-state index contributed by atoms with van der Waals surface area (Å²) in [6, 6.07) is 6.11. The lowest BCUT2D eigenvalue weighted by Crippen LogP contribution is -2.63. The first kappa shape index (κ1) is 38.1. The predicted molar refractivity (Wildman–Crippen MR) is 204 cm³/mol. The number of benzene rings is 2. The monoisotopic (exact) mass is 718 g/mol. The highest BCUT2D eigenvalue weighted by Crippen LogP contribution is 2.40. The van der Waals surface area contributed by atoms with Gasteiger partial charge in [0.15, 0.2) is 5.82 Å². The standard InChI is InChI=1S/C38H48F2N6O3.C3H8/c1-5-13-38(14-8-16-45(38)4)23-49-36-43-34-29(35(44-36)46-17-15-42-37(7-3,21-46)22-48-26-10-11-26)20-41-33(32(34)40)28-19-25(47)18-24-9-12-30(39)27(6-2)31(24)28;1-3-2/h9,12,18-20,26,42,47H,5-8,10-11,13-17,21-23H2,1-4H3;3H2,1-2H3/t37-,38?;/m1./s1. The number of aromatic hydroxyl groups is 1. The van der Waals surface area contributed by atoms with Crippen molar-refractivity contribution in [2.24, 2.45) is 0 Å². The van der Waals surface area contributed by atoms with E-state index in [1.165, 1.54) is 18.6 Å². The number of piperazine rings is 1. The topological polar surface area (TPSA) is 95.9 Å². The number of halogens is 2. The van der Waals surface area contributed by atoms with Gasteiger partial charge in [-0.2, -0.15) is 9.97 Å². The molecule has 0 spiro atoms. The molecule has 2 aromatic heterocycles. The number of anilines is 1. The van der Waals surface area contributed by atoms with Gasteiger partial charge in [-0.15, -0.1) is 0 Å². The van der Waals surface area contributed by atoms with Crippen LogP contribution in [0.5, 0.6) is 11.8 Å².